The average molecular weight is 182 g/mol. The van der Waals surface area contributed by atoms with Crippen molar-refractivity contribution in [2.45, 2.75) is 60.3 Å². The standard InChI is InChI=1S/C13H26/c1-6-10-13(9-4)11(5)12(7-2)8-3/h10-12H,6-9H2,1-5H3. The van der Waals surface area contributed by atoms with Crippen molar-refractivity contribution >= 4 is 0 Å². The van der Waals surface area contributed by atoms with Crippen LogP contribution in [0.3, 0.4) is 0 Å². The zero-order valence-corrected chi connectivity index (χ0v) is 10.1. The maximum Gasteiger partial charge on any atom is -0.0204 e. The molecule has 78 valence electrons. The second kappa shape index (κ2) is 7.17. The van der Waals surface area contributed by atoms with E-state index in [0.717, 1.165) is 11.8 Å². The molecule has 0 N–H and O–H groups in total. The summed E-state index contributed by atoms with van der Waals surface area (Å²) in [5, 5.41) is 0. The zero-order chi connectivity index (χ0) is 10.3. The molecule has 0 bridgehead atoms. The fourth-order valence-corrected chi connectivity index (χ4v) is 2.21. The fraction of sp³-hybridized carbons (Fsp3) is 0.846. The molecule has 0 nitrogen and oxygen atoms in total. The van der Waals surface area contributed by atoms with Crippen LogP contribution < -0.4 is 0 Å². The van der Waals surface area contributed by atoms with Gasteiger partial charge >= 0.3 is 0 Å². The van der Waals surface area contributed by atoms with E-state index in [1.54, 1.807) is 5.57 Å². The molecule has 0 heterocycles. The summed E-state index contributed by atoms with van der Waals surface area (Å²) in [4.78, 5) is 0. The Labute approximate surface area is 84.4 Å². The first kappa shape index (κ1) is 12.7. The van der Waals surface area contributed by atoms with E-state index in [-0.39, 0.29) is 0 Å². The molecule has 0 aliphatic rings. The van der Waals surface area contributed by atoms with Crippen molar-refractivity contribution in [2.75, 3.05) is 0 Å². The van der Waals surface area contributed by atoms with Crippen molar-refractivity contribution in [3.05, 3.63) is 11.6 Å². The second-order valence-electron chi connectivity index (χ2n) is 3.91. The highest BCUT2D eigenvalue weighted by Gasteiger charge is 2.15. The van der Waals surface area contributed by atoms with Gasteiger partial charge in [-0.3, -0.25) is 0 Å². The van der Waals surface area contributed by atoms with Crippen LogP contribution in [0.15, 0.2) is 11.6 Å². The molecule has 0 aromatic carbocycles. The van der Waals surface area contributed by atoms with Gasteiger partial charge in [-0.1, -0.05) is 59.1 Å². The summed E-state index contributed by atoms with van der Waals surface area (Å²) in [5.74, 6) is 1.68. The van der Waals surface area contributed by atoms with Crippen molar-refractivity contribution < 1.29 is 0 Å². The van der Waals surface area contributed by atoms with Crippen LogP contribution in [0, 0.1) is 11.8 Å². The van der Waals surface area contributed by atoms with E-state index in [0.29, 0.717) is 0 Å². The van der Waals surface area contributed by atoms with Gasteiger partial charge in [0.05, 0.1) is 0 Å². The summed E-state index contributed by atoms with van der Waals surface area (Å²) in [6.45, 7) is 11.5. The number of rotatable bonds is 6. The Morgan fingerprint density at radius 2 is 1.62 bits per heavy atom. The quantitative estimate of drug-likeness (QED) is 0.517. The molecular weight excluding hydrogens is 156 g/mol. The molecule has 0 spiro atoms. The minimum absolute atomic E-state index is 0.792. The van der Waals surface area contributed by atoms with Gasteiger partial charge < -0.3 is 0 Å². The van der Waals surface area contributed by atoms with E-state index >= 15 is 0 Å². The van der Waals surface area contributed by atoms with Crippen molar-refractivity contribution in [2.24, 2.45) is 11.8 Å². The van der Waals surface area contributed by atoms with Crippen molar-refractivity contribution in [1.29, 1.82) is 0 Å². The molecule has 1 atom stereocenters. The first-order valence-electron chi connectivity index (χ1n) is 5.89. The van der Waals surface area contributed by atoms with Crippen LogP contribution in [0.2, 0.25) is 0 Å². The summed E-state index contributed by atoms with van der Waals surface area (Å²) in [6, 6.07) is 0. The lowest BCUT2D eigenvalue weighted by molar-refractivity contribution is 0.373. The largest absolute Gasteiger partial charge is 0.0853 e. The van der Waals surface area contributed by atoms with E-state index in [1.165, 1.54) is 25.7 Å². The Balaban J connectivity index is 4.33. The van der Waals surface area contributed by atoms with Crippen LogP contribution in [0.5, 0.6) is 0 Å². The van der Waals surface area contributed by atoms with Gasteiger partial charge in [0.1, 0.15) is 0 Å². The minimum Gasteiger partial charge on any atom is -0.0853 e. The molecule has 0 aromatic rings. The SMILES string of the molecule is CCC=C(CC)C(C)C(CC)CC. The summed E-state index contributed by atoms with van der Waals surface area (Å²) in [7, 11) is 0. The highest BCUT2D eigenvalue weighted by atomic mass is 14.2. The summed E-state index contributed by atoms with van der Waals surface area (Å²) >= 11 is 0. The third kappa shape index (κ3) is 3.97. The third-order valence-electron chi connectivity index (χ3n) is 3.22. The van der Waals surface area contributed by atoms with Gasteiger partial charge in [-0.05, 0) is 24.7 Å². The van der Waals surface area contributed by atoms with E-state index in [2.05, 4.69) is 40.7 Å². The Hall–Kier alpha value is -0.260. The topological polar surface area (TPSA) is 0 Å². The lowest BCUT2D eigenvalue weighted by Gasteiger charge is -2.23. The molecule has 0 saturated heterocycles. The van der Waals surface area contributed by atoms with Gasteiger partial charge in [0, 0.05) is 0 Å². The van der Waals surface area contributed by atoms with Crippen LogP contribution in [0.25, 0.3) is 0 Å². The molecule has 0 amide bonds. The zero-order valence-electron chi connectivity index (χ0n) is 10.1. The Kier molecular flexibility index (Phi) is 7.03. The second-order valence-corrected chi connectivity index (χ2v) is 3.91. The van der Waals surface area contributed by atoms with E-state index < -0.39 is 0 Å². The summed E-state index contributed by atoms with van der Waals surface area (Å²) in [6.07, 6.45) is 7.47. The van der Waals surface area contributed by atoms with Crippen molar-refractivity contribution in [3.8, 4) is 0 Å². The highest BCUT2D eigenvalue weighted by molar-refractivity contribution is 5.06. The van der Waals surface area contributed by atoms with Crippen LogP contribution in [0.4, 0.5) is 0 Å². The van der Waals surface area contributed by atoms with Crippen LogP contribution >= 0.6 is 0 Å². The predicted molar refractivity (Wildman–Crippen MR) is 61.9 cm³/mol. The van der Waals surface area contributed by atoms with Crippen molar-refractivity contribution in [1.82, 2.24) is 0 Å². The van der Waals surface area contributed by atoms with Gasteiger partial charge in [-0.25, -0.2) is 0 Å². The van der Waals surface area contributed by atoms with Crippen LogP contribution in [-0.2, 0) is 0 Å². The lowest BCUT2D eigenvalue weighted by Crippen LogP contribution is -2.12. The monoisotopic (exact) mass is 182 g/mol. The average Bonchev–Trinajstić information content (AvgIpc) is 2.15. The maximum absolute atomic E-state index is 2.42. The smallest absolute Gasteiger partial charge is 0.0204 e. The molecular formula is C13H26. The molecule has 0 heteroatoms. The molecule has 1 unspecified atom stereocenters. The lowest BCUT2D eigenvalue weighted by atomic mass is 9.82. The normalized spacial score (nSPS) is 15.1. The van der Waals surface area contributed by atoms with Crippen molar-refractivity contribution in [3.63, 3.8) is 0 Å². The van der Waals surface area contributed by atoms with Gasteiger partial charge in [-0.15, -0.1) is 0 Å². The third-order valence-corrected chi connectivity index (χ3v) is 3.22. The molecule has 13 heavy (non-hydrogen) atoms. The molecule has 0 fully saturated rings. The molecule has 0 aromatic heterocycles. The predicted octanol–water partition coefficient (Wildman–Crippen LogP) is 4.81. The minimum atomic E-state index is 0.792. The van der Waals surface area contributed by atoms with E-state index in [1.807, 2.05) is 0 Å². The van der Waals surface area contributed by atoms with Gasteiger partial charge in [0.15, 0.2) is 0 Å². The molecule has 0 aliphatic heterocycles. The van der Waals surface area contributed by atoms with Crippen LogP contribution in [0.1, 0.15) is 60.3 Å². The molecule has 0 saturated carbocycles. The molecule has 0 radical (unpaired) electrons. The first-order valence-corrected chi connectivity index (χ1v) is 5.89. The highest BCUT2D eigenvalue weighted by Crippen LogP contribution is 2.27. The number of hydrogen-bond donors (Lipinski definition) is 0. The van der Waals surface area contributed by atoms with Gasteiger partial charge in [0.25, 0.3) is 0 Å². The summed E-state index contributed by atoms with van der Waals surface area (Å²) in [5.41, 5.74) is 1.66. The fourth-order valence-electron chi connectivity index (χ4n) is 2.21. The first-order chi connectivity index (χ1) is 6.21. The van der Waals surface area contributed by atoms with E-state index in [4.69, 9.17) is 0 Å². The van der Waals surface area contributed by atoms with Crippen LogP contribution in [-0.4, -0.2) is 0 Å². The Morgan fingerprint density at radius 1 is 1.08 bits per heavy atom. The molecule has 0 aliphatic carbocycles. The number of hydrogen-bond acceptors (Lipinski definition) is 0. The van der Waals surface area contributed by atoms with Gasteiger partial charge in [0.2, 0.25) is 0 Å². The molecule has 0 rings (SSSR count). The Morgan fingerprint density at radius 3 is 1.92 bits per heavy atom. The van der Waals surface area contributed by atoms with E-state index in [9.17, 15) is 0 Å². The van der Waals surface area contributed by atoms with Gasteiger partial charge in [-0.2, -0.15) is 0 Å². The number of allylic oxidation sites excluding steroid dienone is 2. The summed E-state index contributed by atoms with van der Waals surface area (Å²) < 4.78 is 0. The Bertz CT molecular complexity index is 140. The maximum atomic E-state index is 2.42.